The Hall–Kier alpha value is -12.3. The molecule has 0 saturated heterocycles. The van der Waals surface area contributed by atoms with Gasteiger partial charge in [0.05, 0.1) is 66.2 Å². The van der Waals surface area contributed by atoms with Gasteiger partial charge in [0.15, 0.2) is 0 Å². The van der Waals surface area contributed by atoms with Crippen LogP contribution in [0.4, 0.5) is 0 Å². The van der Waals surface area contributed by atoms with Crippen LogP contribution in [0, 0.1) is 0 Å². The Kier molecular flexibility index (Phi) is 16.8. The van der Waals surface area contributed by atoms with E-state index in [1.807, 2.05) is 0 Å². The van der Waals surface area contributed by atoms with Crippen molar-refractivity contribution in [2.24, 2.45) is 7.05 Å². The van der Waals surface area contributed by atoms with Gasteiger partial charge in [-0.05, 0) is 294 Å². The molecule has 0 aliphatic carbocycles. The quantitative estimate of drug-likeness (QED) is 0.159. The number of rotatable bonds is 6. The van der Waals surface area contributed by atoms with Gasteiger partial charge in [-0.3, -0.25) is 0 Å². The fourth-order valence-electron chi connectivity index (χ4n) is 20.5. The van der Waals surface area contributed by atoms with E-state index in [1.54, 1.807) is 0 Å². The smallest absolute Gasteiger partial charge is 0.0542 e. The maximum absolute atomic E-state index is 2.55. The molecule has 7 nitrogen and oxygen atoms in total. The molecule has 0 fully saturated rings. The molecule has 620 valence electrons. The molecule has 124 heavy (non-hydrogen) atoms. The summed E-state index contributed by atoms with van der Waals surface area (Å²) in [6.45, 7) is 55.9. The summed E-state index contributed by atoms with van der Waals surface area (Å²) in [4.78, 5) is 0. The molecule has 0 radical (unpaired) electrons. The van der Waals surface area contributed by atoms with E-state index in [0.717, 1.165) is 56.2 Å². The van der Waals surface area contributed by atoms with Crippen molar-refractivity contribution in [1.82, 2.24) is 32.0 Å². The molecule has 0 N–H and O–H groups in total. The second kappa shape index (κ2) is 26.4. The molecule has 21 aromatic rings. The van der Waals surface area contributed by atoms with E-state index in [4.69, 9.17) is 0 Å². The van der Waals surface area contributed by atoms with Crippen LogP contribution in [0.2, 0.25) is 0 Å². The van der Waals surface area contributed by atoms with Crippen LogP contribution in [0.5, 0.6) is 0 Å². The molecule has 0 atom stereocenters. The van der Waals surface area contributed by atoms with Gasteiger partial charge in [0.25, 0.3) is 0 Å². The zero-order chi connectivity index (χ0) is 87.0. The summed E-state index contributed by atoms with van der Waals surface area (Å²) in [5.41, 5.74) is 33.7. The number of hydrogen-bond acceptors (Lipinski definition) is 0. The minimum Gasteiger partial charge on any atom is -0.344 e. The highest BCUT2D eigenvalue weighted by atomic mass is 15.0. The summed E-state index contributed by atoms with van der Waals surface area (Å²) in [6.07, 6.45) is 0. The van der Waals surface area contributed by atoms with Crippen molar-refractivity contribution < 1.29 is 0 Å². The lowest BCUT2D eigenvalue weighted by Crippen LogP contribution is -2.10. The van der Waals surface area contributed by atoms with Crippen molar-refractivity contribution in [3.8, 4) is 34.1 Å². The second-order valence-corrected chi connectivity index (χ2v) is 44.6. The van der Waals surface area contributed by atoms with Crippen LogP contribution in [-0.2, 0) is 50.4 Å². The third kappa shape index (κ3) is 12.2. The van der Waals surface area contributed by atoms with Crippen LogP contribution in [0.3, 0.4) is 0 Å². The lowest BCUT2D eigenvalue weighted by atomic mass is 9.85. The van der Waals surface area contributed by atoms with Crippen molar-refractivity contribution >= 4 is 153 Å². The Labute approximate surface area is 729 Å². The average Bonchev–Trinajstić information content (AvgIpc) is 1.55. The number of aromatic nitrogens is 7. The predicted molar refractivity (Wildman–Crippen MR) is 536 cm³/mol. The van der Waals surface area contributed by atoms with E-state index in [9.17, 15) is 0 Å². The first-order valence-electron chi connectivity index (χ1n) is 45.0. The average molecular weight is 1620 g/mol. The monoisotopic (exact) mass is 1620 g/mol. The molecule has 0 amide bonds. The maximum Gasteiger partial charge on any atom is 0.0542 e. The molecule has 14 aromatic carbocycles. The second-order valence-electron chi connectivity index (χ2n) is 44.6. The van der Waals surface area contributed by atoms with Crippen LogP contribution >= 0.6 is 0 Å². The molecular weight excluding hydrogens is 1500 g/mol. The van der Waals surface area contributed by atoms with Crippen LogP contribution in [0.15, 0.2) is 255 Å². The summed E-state index contributed by atoms with van der Waals surface area (Å²) >= 11 is 0. The van der Waals surface area contributed by atoms with Gasteiger partial charge < -0.3 is 32.0 Å². The molecular formula is C117H117N7. The van der Waals surface area contributed by atoms with Crippen LogP contribution in [-0.4, -0.2) is 32.0 Å². The largest absolute Gasteiger partial charge is 0.344 e. The van der Waals surface area contributed by atoms with Gasteiger partial charge >= 0.3 is 0 Å². The zero-order valence-electron chi connectivity index (χ0n) is 77.4. The van der Waals surface area contributed by atoms with Gasteiger partial charge in [0.1, 0.15) is 0 Å². The number of aryl methyl sites for hydroxylation is 1. The number of nitrogens with zero attached hydrogens (tertiary/aromatic N) is 7. The molecule has 0 unspecified atom stereocenters. The van der Waals surface area contributed by atoms with Gasteiger partial charge in [0, 0.05) is 128 Å². The number of fused-ring (bicyclic) bond motifs is 21. The first-order chi connectivity index (χ1) is 58.4. The Morgan fingerprint density at radius 2 is 0.234 bits per heavy atom. The van der Waals surface area contributed by atoms with E-state index in [2.05, 4.69) is 460 Å². The summed E-state index contributed by atoms with van der Waals surface area (Å²) in [5, 5.41) is 17.4. The molecule has 7 aromatic heterocycles. The van der Waals surface area contributed by atoms with Crippen molar-refractivity contribution in [2.75, 3.05) is 0 Å². The van der Waals surface area contributed by atoms with Crippen molar-refractivity contribution in [3.05, 3.63) is 299 Å². The molecule has 7 heterocycles. The fraction of sp³-hybridized carbons (Fsp3) is 0.282. The Bertz CT molecular complexity index is 6990. The summed E-state index contributed by atoms with van der Waals surface area (Å²) in [7, 11) is 2.24. The van der Waals surface area contributed by atoms with Crippen molar-refractivity contribution in [1.29, 1.82) is 0 Å². The van der Waals surface area contributed by atoms with Crippen molar-refractivity contribution in [3.63, 3.8) is 0 Å². The third-order valence-corrected chi connectivity index (χ3v) is 28.0. The van der Waals surface area contributed by atoms with Crippen LogP contribution in [0.25, 0.3) is 187 Å². The number of benzene rings is 14. The van der Waals surface area contributed by atoms with Gasteiger partial charge in [0.2, 0.25) is 0 Å². The predicted octanol–water partition coefficient (Wildman–Crippen LogP) is 32.3. The van der Waals surface area contributed by atoms with Gasteiger partial charge in [-0.1, -0.05) is 215 Å². The highest BCUT2D eigenvalue weighted by Gasteiger charge is 2.30. The molecule has 0 spiro atoms. The zero-order valence-corrected chi connectivity index (χ0v) is 77.4. The minimum absolute atomic E-state index is 0.0272. The van der Waals surface area contributed by atoms with E-state index in [-0.39, 0.29) is 43.3 Å². The molecule has 21 rings (SSSR count). The topological polar surface area (TPSA) is 34.5 Å². The van der Waals surface area contributed by atoms with Crippen LogP contribution < -0.4 is 0 Å². The highest BCUT2D eigenvalue weighted by Crippen LogP contribution is 2.49. The molecule has 0 aliphatic rings. The van der Waals surface area contributed by atoms with Gasteiger partial charge in [-0.2, -0.15) is 0 Å². The third-order valence-electron chi connectivity index (χ3n) is 28.0. The lowest BCUT2D eigenvalue weighted by Gasteiger charge is -2.19. The normalized spacial score (nSPS) is 13.5. The SMILES string of the molecule is Cn1c2ccc(-n3c4ccc(-n5c6ccc(C(C)(C)C)cc6c6cc(C(C)(C)C)ccc65)cc4c4cc(-n5c6ccc(C(C)(C)C)cc6c6cc(C(C)(C)C)ccc65)ccc43)cc2c2cc(-n3c4ccc(-n5c6ccc(C(C)(C)C)cc6c6cc(C(C)(C)C)ccc65)cc4c4cc(-n5c6ccc(C(C)(C)C)cc6c6cc(C(C)(C)C)ccc65)ccc43)ccc21. The number of hydrogen-bond donors (Lipinski definition) is 0. The Morgan fingerprint density at radius 1 is 0.129 bits per heavy atom. The summed E-state index contributed by atoms with van der Waals surface area (Å²) in [5.74, 6) is 0. The minimum atomic E-state index is -0.0272. The van der Waals surface area contributed by atoms with E-state index in [0.29, 0.717) is 0 Å². The highest BCUT2D eigenvalue weighted by molar-refractivity contribution is 6.19. The first kappa shape index (κ1) is 78.9. The summed E-state index contributed by atoms with van der Waals surface area (Å²) in [6, 6.07) is 101. The maximum atomic E-state index is 2.55. The Morgan fingerprint density at radius 3 is 0.363 bits per heavy atom. The van der Waals surface area contributed by atoms with Crippen molar-refractivity contribution in [2.45, 2.75) is 209 Å². The molecule has 0 bridgehead atoms. The molecule has 0 saturated carbocycles. The van der Waals surface area contributed by atoms with Gasteiger partial charge in [-0.25, -0.2) is 0 Å². The Balaban J connectivity index is 0.792. The van der Waals surface area contributed by atoms with E-state index < -0.39 is 0 Å². The van der Waals surface area contributed by atoms with E-state index >= 15 is 0 Å². The standard InChI is InChI=1S/C117H117N7/c1-110(2,3)68-26-40-98-82(54-68)83-55-69(111(4,5)6)27-41-99(83)119(98)78-36-50-106-92(64-78)93-65-79(120-100-42-28-70(112(7,8)9)56-84(100)85-57-71(113(10,11)12)29-43-101(85)120)37-51-107(93)123(106)76-34-48-96-90(62-76)91-63-77(35-49-97(91)118(96)25)124-108-52-38-80(121-102-44-30-72(114(13,14)15)58-86(102)87-59-73(115(16,17)18)31-45-103(87)121)66-94(108)95-67-81(39-53-109(95)124)122-104-46-32-74(116(19,20)21)60-88(104)89-61-75(117(22,23)24)33-47-105(89)122/h26-67H,1-25H3. The first-order valence-corrected chi connectivity index (χ1v) is 45.0. The lowest BCUT2D eigenvalue weighted by molar-refractivity contribution is 0.590. The van der Waals surface area contributed by atoms with Crippen LogP contribution in [0.1, 0.15) is 211 Å². The van der Waals surface area contributed by atoms with Gasteiger partial charge in [-0.15, -0.1) is 0 Å². The molecule has 0 aliphatic heterocycles. The fourth-order valence-corrected chi connectivity index (χ4v) is 20.5. The summed E-state index contributed by atoms with van der Waals surface area (Å²) < 4.78 is 17.6. The van der Waals surface area contributed by atoms with E-state index in [1.165, 1.54) is 175 Å². The molecule has 7 heteroatoms.